The topological polar surface area (TPSA) is 73.6 Å². The van der Waals surface area contributed by atoms with Gasteiger partial charge in [-0.2, -0.15) is 13.3 Å². The summed E-state index contributed by atoms with van der Waals surface area (Å²) in [7, 11) is 1.63. The number of nitrogens with one attached hydrogen (secondary N) is 1. The smallest absolute Gasteiger partial charge is 0.398 e. The molecule has 0 aliphatic carbocycles. The number of nitrogens with zero attached hydrogens (tertiary/aromatic N) is 4. The molecule has 0 unspecified atom stereocenters. The molecule has 1 aliphatic rings. The highest BCUT2D eigenvalue weighted by atomic mass is 19.3. The van der Waals surface area contributed by atoms with Crippen LogP contribution in [-0.4, -0.2) is 32.8 Å². The minimum absolute atomic E-state index is 0.123. The minimum atomic E-state index is -3.22. The van der Waals surface area contributed by atoms with E-state index >= 15 is 0 Å². The maximum atomic E-state index is 14.1. The summed E-state index contributed by atoms with van der Waals surface area (Å²) in [4.78, 5) is 9.45. The molecule has 0 spiro atoms. The van der Waals surface area contributed by atoms with Crippen molar-refractivity contribution >= 4 is 22.5 Å². The van der Waals surface area contributed by atoms with E-state index < -0.39 is 6.11 Å². The van der Waals surface area contributed by atoms with Gasteiger partial charge in [0.1, 0.15) is 11.3 Å². The first-order valence-electron chi connectivity index (χ1n) is 11.5. The zero-order valence-corrected chi connectivity index (χ0v) is 19.5. The molecule has 2 aromatic carbocycles. The number of anilines is 1. The number of aromatic nitrogens is 4. The molecule has 1 aliphatic heterocycles. The summed E-state index contributed by atoms with van der Waals surface area (Å²) in [5.74, 6) is 2.04. The number of unbranched alkanes of at least 4 members (excludes halogenated alkanes) is 1. The van der Waals surface area contributed by atoms with Gasteiger partial charge in [0, 0.05) is 18.4 Å². The van der Waals surface area contributed by atoms with E-state index in [0.29, 0.717) is 34.9 Å². The standard InChI is InChI=1S/C25H27F2N5O2/c1-4-5-6-20-29-23-19-10-8-16-11-12-25(26,27)34-22(16)21(19)30-24(32(23)31-20)28-14-17-7-9-18(33-3)13-15(17)2/h7-10,13H,4-6,11-12,14H2,1-3H3,(H,28,30). The third-order valence-electron chi connectivity index (χ3n) is 6.20. The van der Waals surface area contributed by atoms with Crippen molar-refractivity contribution in [3.05, 3.63) is 52.8 Å². The van der Waals surface area contributed by atoms with Gasteiger partial charge in [-0.05, 0) is 54.7 Å². The number of hydrogen-bond acceptors (Lipinski definition) is 6. The van der Waals surface area contributed by atoms with Gasteiger partial charge in [-0.25, -0.2) is 9.97 Å². The van der Waals surface area contributed by atoms with Crippen molar-refractivity contribution in [2.24, 2.45) is 0 Å². The van der Waals surface area contributed by atoms with Gasteiger partial charge in [0.05, 0.1) is 13.5 Å². The predicted molar refractivity (Wildman–Crippen MR) is 126 cm³/mol. The summed E-state index contributed by atoms with van der Waals surface area (Å²) >= 11 is 0. The largest absolute Gasteiger partial charge is 0.497 e. The maximum absolute atomic E-state index is 14.1. The van der Waals surface area contributed by atoms with Gasteiger partial charge in [0.25, 0.3) is 0 Å². The molecule has 0 saturated carbocycles. The van der Waals surface area contributed by atoms with E-state index in [0.717, 1.165) is 41.7 Å². The second-order valence-electron chi connectivity index (χ2n) is 8.64. The number of ether oxygens (including phenoxy) is 2. The van der Waals surface area contributed by atoms with Crippen molar-refractivity contribution in [2.75, 3.05) is 12.4 Å². The third kappa shape index (κ3) is 4.10. The summed E-state index contributed by atoms with van der Waals surface area (Å²) in [6, 6.07) is 9.55. The Balaban J connectivity index is 1.61. The van der Waals surface area contributed by atoms with Crippen molar-refractivity contribution < 1.29 is 18.3 Å². The van der Waals surface area contributed by atoms with E-state index in [-0.39, 0.29) is 18.6 Å². The highest BCUT2D eigenvalue weighted by molar-refractivity contribution is 5.97. The van der Waals surface area contributed by atoms with Crippen LogP contribution < -0.4 is 14.8 Å². The zero-order chi connectivity index (χ0) is 23.9. The Hall–Kier alpha value is -3.49. The number of fused-ring (bicyclic) bond motifs is 5. The van der Waals surface area contributed by atoms with Crippen molar-refractivity contribution in [3.63, 3.8) is 0 Å². The van der Waals surface area contributed by atoms with Crippen molar-refractivity contribution in [1.29, 1.82) is 0 Å². The van der Waals surface area contributed by atoms with Gasteiger partial charge in [-0.1, -0.05) is 25.5 Å². The quantitative estimate of drug-likeness (QED) is 0.389. The Morgan fingerprint density at radius 2 is 2.06 bits per heavy atom. The Labute approximate surface area is 196 Å². The molecule has 0 radical (unpaired) electrons. The number of alkyl halides is 2. The summed E-state index contributed by atoms with van der Waals surface area (Å²) in [6.45, 7) is 4.59. The molecule has 0 saturated heterocycles. The van der Waals surface area contributed by atoms with Crippen LogP contribution in [0.15, 0.2) is 30.3 Å². The van der Waals surface area contributed by atoms with Crippen molar-refractivity contribution in [1.82, 2.24) is 19.6 Å². The van der Waals surface area contributed by atoms with E-state index in [4.69, 9.17) is 19.4 Å². The first-order chi connectivity index (χ1) is 16.4. The molecule has 178 valence electrons. The summed E-state index contributed by atoms with van der Waals surface area (Å²) in [6.07, 6.45) is -0.623. The molecule has 0 fully saturated rings. The first-order valence-corrected chi connectivity index (χ1v) is 11.5. The molecule has 0 bridgehead atoms. The van der Waals surface area contributed by atoms with Gasteiger partial charge in [-0.3, -0.25) is 0 Å². The van der Waals surface area contributed by atoms with E-state index in [1.165, 1.54) is 0 Å². The summed E-state index contributed by atoms with van der Waals surface area (Å²) in [5.41, 5.74) is 3.78. The molecule has 1 N–H and O–H groups in total. The van der Waals surface area contributed by atoms with Crippen LogP contribution in [0.4, 0.5) is 14.7 Å². The number of aryl methyl sites for hydroxylation is 3. The van der Waals surface area contributed by atoms with Crippen LogP contribution in [0.3, 0.4) is 0 Å². The molecule has 7 nitrogen and oxygen atoms in total. The normalized spacial score (nSPS) is 14.7. The number of benzene rings is 2. The highest BCUT2D eigenvalue weighted by Crippen LogP contribution is 2.40. The average molecular weight is 468 g/mol. The first kappa shape index (κ1) is 22.3. The molecule has 3 heterocycles. The van der Waals surface area contributed by atoms with Crippen LogP contribution in [-0.2, 0) is 19.4 Å². The fourth-order valence-electron chi connectivity index (χ4n) is 4.25. The fraction of sp³-hybridized carbons (Fsp3) is 0.400. The van der Waals surface area contributed by atoms with E-state index in [1.54, 1.807) is 11.6 Å². The molecule has 4 aromatic rings. The summed E-state index contributed by atoms with van der Waals surface area (Å²) in [5, 5.41) is 8.65. The zero-order valence-electron chi connectivity index (χ0n) is 19.5. The average Bonchev–Trinajstić information content (AvgIpc) is 3.25. The molecule has 5 rings (SSSR count). The lowest BCUT2D eigenvalue weighted by molar-refractivity contribution is -0.186. The van der Waals surface area contributed by atoms with Gasteiger partial charge >= 0.3 is 6.11 Å². The number of halogens is 2. The molecular formula is C25H27F2N5O2. The van der Waals surface area contributed by atoms with Crippen LogP contribution in [0, 0.1) is 6.92 Å². The fourth-order valence-corrected chi connectivity index (χ4v) is 4.25. The summed E-state index contributed by atoms with van der Waals surface area (Å²) < 4.78 is 40.4. The lowest BCUT2D eigenvalue weighted by atomic mass is 10.0. The maximum Gasteiger partial charge on any atom is 0.398 e. The van der Waals surface area contributed by atoms with Crippen LogP contribution in [0.25, 0.3) is 16.6 Å². The van der Waals surface area contributed by atoms with Crippen LogP contribution in [0.5, 0.6) is 11.5 Å². The monoisotopic (exact) mass is 467 g/mol. The minimum Gasteiger partial charge on any atom is -0.497 e. The Kier molecular flexibility index (Phi) is 5.71. The van der Waals surface area contributed by atoms with Gasteiger partial charge in [0.15, 0.2) is 17.2 Å². The predicted octanol–water partition coefficient (Wildman–Crippen LogP) is 5.47. The van der Waals surface area contributed by atoms with Crippen LogP contribution >= 0.6 is 0 Å². The van der Waals surface area contributed by atoms with Crippen molar-refractivity contribution in [2.45, 2.75) is 58.6 Å². The number of rotatable bonds is 7. The van der Waals surface area contributed by atoms with E-state index in [1.807, 2.05) is 37.3 Å². The van der Waals surface area contributed by atoms with Gasteiger partial charge in [-0.15, -0.1) is 5.10 Å². The molecule has 2 aromatic heterocycles. The highest BCUT2D eigenvalue weighted by Gasteiger charge is 2.37. The third-order valence-corrected chi connectivity index (χ3v) is 6.20. The Morgan fingerprint density at radius 1 is 1.21 bits per heavy atom. The molecule has 34 heavy (non-hydrogen) atoms. The Morgan fingerprint density at radius 3 is 2.82 bits per heavy atom. The SMILES string of the molecule is CCCCc1nc2c3ccc4c(c3nc(NCc3ccc(OC)cc3C)n2n1)OC(F)(F)CC4. The molecule has 9 heteroatoms. The van der Waals surface area contributed by atoms with Crippen LogP contribution in [0.1, 0.15) is 48.7 Å². The number of hydrogen-bond donors (Lipinski definition) is 1. The van der Waals surface area contributed by atoms with Crippen molar-refractivity contribution in [3.8, 4) is 11.5 Å². The molecular weight excluding hydrogens is 440 g/mol. The number of methoxy groups -OCH3 is 1. The van der Waals surface area contributed by atoms with Gasteiger partial charge < -0.3 is 14.8 Å². The van der Waals surface area contributed by atoms with Crippen LogP contribution in [0.2, 0.25) is 0 Å². The van der Waals surface area contributed by atoms with E-state index in [2.05, 4.69) is 17.3 Å². The lowest BCUT2D eigenvalue weighted by Crippen LogP contribution is -2.29. The molecule has 0 amide bonds. The Bertz CT molecular complexity index is 1370. The van der Waals surface area contributed by atoms with E-state index in [9.17, 15) is 8.78 Å². The lowest BCUT2D eigenvalue weighted by Gasteiger charge is -2.26. The van der Waals surface area contributed by atoms with Gasteiger partial charge in [0.2, 0.25) is 5.95 Å². The second-order valence-corrected chi connectivity index (χ2v) is 8.64. The molecule has 0 atom stereocenters. The second kappa shape index (κ2) is 8.70.